The first-order chi connectivity index (χ1) is 9.13. The minimum Gasteiger partial charge on any atom is -0.481 e. The molecule has 3 atom stereocenters. The smallest absolute Gasteiger partial charge is 0.308 e. The summed E-state index contributed by atoms with van der Waals surface area (Å²) in [7, 11) is 0. The second-order valence-electron chi connectivity index (χ2n) is 5.20. The number of fused-ring (bicyclic) bond motifs is 2. The number of carboxylic acid groups (broad SMARTS) is 1. The Bertz CT molecular complexity index is 523. The molecule has 1 N–H and O–H groups in total. The van der Waals surface area contributed by atoms with E-state index in [1.54, 1.807) is 0 Å². The molecule has 0 aromatic carbocycles. The molecule has 0 spiro atoms. The second-order valence-corrected chi connectivity index (χ2v) is 5.20. The highest BCUT2D eigenvalue weighted by atomic mass is 19.1. The molecular formula is C13H16FN3O2. The zero-order valence-corrected chi connectivity index (χ0v) is 10.7. The quantitative estimate of drug-likeness (QED) is 0.899. The molecule has 2 aliphatic heterocycles. The van der Waals surface area contributed by atoms with Crippen LogP contribution in [0.15, 0.2) is 6.33 Å². The molecule has 102 valence electrons. The summed E-state index contributed by atoms with van der Waals surface area (Å²) in [4.78, 5) is 21.1. The van der Waals surface area contributed by atoms with E-state index in [1.807, 2.05) is 11.8 Å². The number of halogens is 1. The van der Waals surface area contributed by atoms with Gasteiger partial charge in [0.05, 0.1) is 11.6 Å². The van der Waals surface area contributed by atoms with Gasteiger partial charge in [-0.1, -0.05) is 6.92 Å². The third-order valence-electron chi connectivity index (χ3n) is 4.28. The minimum absolute atomic E-state index is 0.0974. The number of aromatic nitrogens is 2. The Labute approximate surface area is 110 Å². The van der Waals surface area contributed by atoms with E-state index in [0.717, 1.165) is 12.8 Å². The average molecular weight is 265 g/mol. The summed E-state index contributed by atoms with van der Waals surface area (Å²) in [6, 6.07) is -0.0307. The predicted octanol–water partition coefficient (Wildman–Crippen LogP) is 1.62. The standard InChI is InChI=1S/C13H16FN3O2/c1-2-9-11(14)12(16-6-15-9)17-7-3-4-10(17)8(5-7)13(18)19/h6-8,10H,2-5H2,1H3,(H,18,19). The molecule has 2 bridgehead atoms. The van der Waals surface area contributed by atoms with Crippen LogP contribution in [0, 0.1) is 11.7 Å². The van der Waals surface area contributed by atoms with E-state index in [-0.39, 0.29) is 17.9 Å². The predicted molar refractivity (Wildman–Crippen MR) is 66.4 cm³/mol. The van der Waals surface area contributed by atoms with E-state index in [0.29, 0.717) is 18.5 Å². The van der Waals surface area contributed by atoms with Gasteiger partial charge in [0.25, 0.3) is 0 Å². The Morgan fingerprint density at radius 3 is 2.95 bits per heavy atom. The molecule has 0 saturated carbocycles. The number of carbonyl (C=O) groups is 1. The lowest BCUT2D eigenvalue weighted by Crippen LogP contribution is -2.34. The van der Waals surface area contributed by atoms with E-state index < -0.39 is 17.7 Å². The van der Waals surface area contributed by atoms with Crippen LogP contribution < -0.4 is 4.90 Å². The molecule has 3 heterocycles. The molecule has 1 aromatic heterocycles. The normalized spacial score (nSPS) is 28.9. The summed E-state index contributed by atoms with van der Waals surface area (Å²) >= 11 is 0. The van der Waals surface area contributed by atoms with Crippen molar-refractivity contribution < 1.29 is 14.3 Å². The van der Waals surface area contributed by atoms with Gasteiger partial charge in [0, 0.05) is 12.1 Å². The maximum atomic E-state index is 14.3. The third kappa shape index (κ3) is 1.77. The zero-order valence-electron chi connectivity index (χ0n) is 10.7. The van der Waals surface area contributed by atoms with Crippen LogP contribution in [0.4, 0.5) is 10.2 Å². The van der Waals surface area contributed by atoms with Crippen LogP contribution in [0.5, 0.6) is 0 Å². The van der Waals surface area contributed by atoms with E-state index >= 15 is 0 Å². The lowest BCUT2D eigenvalue weighted by Gasteiger charge is -2.24. The van der Waals surface area contributed by atoms with Gasteiger partial charge in [0.1, 0.15) is 6.33 Å². The highest BCUT2D eigenvalue weighted by Gasteiger charge is 2.50. The molecule has 19 heavy (non-hydrogen) atoms. The van der Waals surface area contributed by atoms with Crippen LogP contribution in [-0.4, -0.2) is 33.1 Å². The Kier molecular flexibility index (Phi) is 2.88. The lowest BCUT2D eigenvalue weighted by molar-refractivity contribution is -0.142. The summed E-state index contributed by atoms with van der Waals surface area (Å²) in [5, 5.41) is 9.22. The molecule has 5 nitrogen and oxygen atoms in total. The SMILES string of the molecule is CCc1ncnc(N2C3CCC2C(C(=O)O)C3)c1F. The number of carboxylic acids is 1. The number of hydrogen-bond donors (Lipinski definition) is 1. The molecule has 3 unspecified atom stereocenters. The fourth-order valence-electron chi connectivity index (χ4n) is 3.41. The van der Waals surface area contributed by atoms with Crippen LogP contribution in [0.2, 0.25) is 0 Å². The number of aryl methyl sites for hydroxylation is 1. The Morgan fingerprint density at radius 1 is 1.53 bits per heavy atom. The van der Waals surface area contributed by atoms with Gasteiger partial charge in [-0.05, 0) is 25.7 Å². The van der Waals surface area contributed by atoms with Crippen LogP contribution in [-0.2, 0) is 11.2 Å². The first kappa shape index (κ1) is 12.3. The molecule has 3 rings (SSSR count). The molecule has 2 aliphatic rings. The van der Waals surface area contributed by atoms with E-state index in [4.69, 9.17) is 0 Å². The number of nitrogens with zero attached hydrogens (tertiary/aromatic N) is 3. The number of aliphatic carboxylic acids is 1. The summed E-state index contributed by atoms with van der Waals surface area (Å²) < 4.78 is 14.3. The maximum Gasteiger partial charge on any atom is 0.308 e. The van der Waals surface area contributed by atoms with Gasteiger partial charge >= 0.3 is 5.97 Å². The molecule has 1 aromatic rings. The highest BCUT2D eigenvalue weighted by molar-refractivity contribution is 5.73. The van der Waals surface area contributed by atoms with Gasteiger partial charge in [-0.15, -0.1) is 0 Å². The Hall–Kier alpha value is -1.72. The van der Waals surface area contributed by atoms with Crippen molar-refractivity contribution in [1.29, 1.82) is 0 Å². The van der Waals surface area contributed by atoms with Gasteiger partial charge < -0.3 is 10.0 Å². The summed E-state index contributed by atoms with van der Waals surface area (Å²) in [5.41, 5.74) is 0.392. The molecule has 0 radical (unpaired) electrons. The van der Waals surface area contributed by atoms with Gasteiger partial charge in [0.2, 0.25) is 0 Å². The largest absolute Gasteiger partial charge is 0.481 e. The topological polar surface area (TPSA) is 66.3 Å². The number of anilines is 1. The van der Waals surface area contributed by atoms with Gasteiger partial charge in [-0.3, -0.25) is 4.79 Å². The zero-order chi connectivity index (χ0) is 13.6. The molecule has 2 fully saturated rings. The average Bonchev–Trinajstić information content (AvgIpc) is 2.96. The first-order valence-electron chi connectivity index (χ1n) is 6.64. The molecule has 0 amide bonds. The van der Waals surface area contributed by atoms with Crippen molar-refractivity contribution in [1.82, 2.24) is 9.97 Å². The van der Waals surface area contributed by atoms with Gasteiger partial charge in [-0.2, -0.15) is 0 Å². The van der Waals surface area contributed by atoms with E-state index in [1.165, 1.54) is 6.33 Å². The van der Waals surface area contributed by atoms with Gasteiger partial charge in [0.15, 0.2) is 11.6 Å². The summed E-state index contributed by atoms with van der Waals surface area (Å²) in [5.74, 6) is -1.31. The van der Waals surface area contributed by atoms with Crippen molar-refractivity contribution in [3.63, 3.8) is 0 Å². The van der Waals surface area contributed by atoms with Crippen molar-refractivity contribution in [3.8, 4) is 0 Å². The molecular weight excluding hydrogens is 249 g/mol. The maximum absolute atomic E-state index is 14.3. The lowest BCUT2D eigenvalue weighted by atomic mass is 9.89. The first-order valence-corrected chi connectivity index (χ1v) is 6.64. The van der Waals surface area contributed by atoms with Crippen LogP contribution in [0.25, 0.3) is 0 Å². The van der Waals surface area contributed by atoms with Crippen molar-refractivity contribution in [2.24, 2.45) is 5.92 Å². The van der Waals surface area contributed by atoms with Crippen molar-refractivity contribution in [2.75, 3.05) is 4.90 Å². The summed E-state index contributed by atoms with van der Waals surface area (Å²) in [6.45, 7) is 1.84. The minimum atomic E-state index is -0.789. The van der Waals surface area contributed by atoms with Crippen molar-refractivity contribution in [2.45, 2.75) is 44.7 Å². The monoisotopic (exact) mass is 265 g/mol. The van der Waals surface area contributed by atoms with E-state index in [9.17, 15) is 14.3 Å². The van der Waals surface area contributed by atoms with Crippen molar-refractivity contribution in [3.05, 3.63) is 17.8 Å². The van der Waals surface area contributed by atoms with Crippen molar-refractivity contribution >= 4 is 11.8 Å². The third-order valence-corrected chi connectivity index (χ3v) is 4.28. The Morgan fingerprint density at radius 2 is 2.32 bits per heavy atom. The second kappa shape index (κ2) is 4.43. The number of rotatable bonds is 3. The van der Waals surface area contributed by atoms with Crippen LogP contribution in [0.3, 0.4) is 0 Å². The van der Waals surface area contributed by atoms with Gasteiger partial charge in [-0.25, -0.2) is 14.4 Å². The molecule has 6 heteroatoms. The molecule has 2 saturated heterocycles. The highest BCUT2D eigenvalue weighted by Crippen LogP contribution is 2.44. The van der Waals surface area contributed by atoms with Crippen LogP contribution in [0.1, 0.15) is 31.9 Å². The fourth-order valence-corrected chi connectivity index (χ4v) is 3.41. The van der Waals surface area contributed by atoms with E-state index in [2.05, 4.69) is 9.97 Å². The fraction of sp³-hybridized carbons (Fsp3) is 0.615. The summed E-state index contributed by atoms with van der Waals surface area (Å²) in [6.07, 6.45) is 4.18. The number of hydrogen-bond acceptors (Lipinski definition) is 4. The molecule has 0 aliphatic carbocycles. The van der Waals surface area contributed by atoms with Crippen LogP contribution >= 0.6 is 0 Å². The Balaban J connectivity index is 1.98.